The van der Waals surface area contributed by atoms with Crippen LogP contribution in [0.15, 0.2) is 23.2 Å². The van der Waals surface area contributed by atoms with Crippen molar-refractivity contribution >= 4 is 22.9 Å². The van der Waals surface area contributed by atoms with Crippen molar-refractivity contribution in [3.8, 4) is 5.82 Å². The highest BCUT2D eigenvalue weighted by Gasteiger charge is 2.29. The number of halogens is 1. The van der Waals surface area contributed by atoms with E-state index in [0.717, 1.165) is 0 Å². The van der Waals surface area contributed by atoms with Gasteiger partial charge in [0.05, 0.1) is 23.3 Å². The molecule has 3 aromatic rings. The van der Waals surface area contributed by atoms with E-state index in [1.165, 1.54) is 17.3 Å². The van der Waals surface area contributed by atoms with Crippen LogP contribution in [-0.2, 0) is 4.74 Å². The SMILES string of the molecule is C[C@@H]1CN(c2c(C=O)cc3c(-n4cncn4)noc3c2F)C[C@H](C)O1. The van der Waals surface area contributed by atoms with Crippen LogP contribution in [0.4, 0.5) is 10.1 Å². The van der Waals surface area contributed by atoms with E-state index >= 15 is 4.39 Å². The van der Waals surface area contributed by atoms with Crippen molar-refractivity contribution in [2.45, 2.75) is 26.1 Å². The number of rotatable bonds is 3. The minimum absolute atomic E-state index is 0.0158. The number of aromatic nitrogens is 4. The topological polar surface area (TPSA) is 86.3 Å². The van der Waals surface area contributed by atoms with E-state index in [-0.39, 0.29) is 34.9 Å². The van der Waals surface area contributed by atoms with Crippen LogP contribution in [0.2, 0.25) is 0 Å². The Morgan fingerprint density at radius 2 is 2.08 bits per heavy atom. The maximum absolute atomic E-state index is 15.2. The third kappa shape index (κ3) is 2.56. The molecule has 0 aliphatic carbocycles. The Balaban J connectivity index is 1.88. The van der Waals surface area contributed by atoms with Gasteiger partial charge >= 0.3 is 0 Å². The van der Waals surface area contributed by atoms with Crippen LogP contribution in [0.3, 0.4) is 0 Å². The number of fused-ring (bicyclic) bond motifs is 1. The second-order valence-corrected chi connectivity index (χ2v) is 6.13. The summed E-state index contributed by atoms with van der Waals surface area (Å²) in [5.41, 5.74) is 0.430. The highest BCUT2D eigenvalue weighted by Crippen LogP contribution is 2.34. The average molecular weight is 345 g/mol. The molecule has 1 saturated heterocycles. The molecule has 4 rings (SSSR count). The third-order valence-corrected chi connectivity index (χ3v) is 4.19. The number of hydrogen-bond donors (Lipinski definition) is 0. The minimum atomic E-state index is -0.611. The van der Waals surface area contributed by atoms with Crippen LogP contribution in [0.25, 0.3) is 16.8 Å². The molecule has 0 unspecified atom stereocenters. The van der Waals surface area contributed by atoms with Crippen LogP contribution in [0.5, 0.6) is 0 Å². The fraction of sp³-hybridized carbons (Fsp3) is 0.375. The molecule has 9 heteroatoms. The summed E-state index contributed by atoms with van der Waals surface area (Å²) in [7, 11) is 0. The van der Waals surface area contributed by atoms with Crippen molar-refractivity contribution in [3.05, 3.63) is 30.1 Å². The van der Waals surface area contributed by atoms with E-state index in [9.17, 15) is 4.79 Å². The molecule has 3 heterocycles. The highest BCUT2D eigenvalue weighted by molar-refractivity contribution is 5.97. The summed E-state index contributed by atoms with van der Waals surface area (Å²) in [6.45, 7) is 4.79. The summed E-state index contributed by atoms with van der Waals surface area (Å²) in [6.07, 6.45) is 3.26. The Bertz CT molecular complexity index is 914. The predicted octanol–water partition coefficient (Wildman–Crippen LogP) is 1.97. The molecule has 0 saturated carbocycles. The Hall–Kier alpha value is -2.81. The molecular weight excluding hydrogens is 329 g/mol. The zero-order valence-electron chi connectivity index (χ0n) is 13.7. The van der Waals surface area contributed by atoms with Crippen LogP contribution >= 0.6 is 0 Å². The average Bonchev–Trinajstić information content (AvgIpc) is 3.22. The van der Waals surface area contributed by atoms with Crippen molar-refractivity contribution in [2.75, 3.05) is 18.0 Å². The first-order valence-corrected chi connectivity index (χ1v) is 7.91. The predicted molar refractivity (Wildman–Crippen MR) is 86.5 cm³/mol. The van der Waals surface area contributed by atoms with Crippen molar-refractivity contribution in [2.24, 2.45) is 0 Å². The minimum Gasteiger partial charge on any atom is -0.372 e. The van der Waals surface area contributed by atoms with Gasteiger partial charge in [-0.05, 0) is 19.9 Å². The first-order valence-electron chi connectivity index (χ1n) is 7.91. The van der Waals surface area contributed by atoms with Crippen molar-refractivity contribution < 1.29 is 18.4 Å². The number of ether oxygens (including phenoxy) is 1. The van der Waals surface area contributed by atoms with E-state index in [0.29, 0.717) is 24.8 Å². The fourth-order valence-corrected chi connectivity index (χ4v) is 3.29. The Morgan fingerprint density at radius 1 is 1.32 bits per heavy atom. The summed E-state index contributed by atoms with van der Waals surface area (Å²) in [5.74, 6) is -0.329. The number of benzene rings is 1. The molecule has 1 fully saturated rings. The van der Waals surface area contributed by atoms with Crippen molar-refractivity contribution in [1.82, 2.24) is 19.9 Å². The van der Waals surface area contributed by atoms with Crippen LogP contribution in [-0.4, -0.2) is 51.5 Å². The molecule has 8 nitrogen and oxygen atoms in total. The number of aldehydes is 1. The number of hydrogen-bond acceptors (Lipinski definition) is 7. The molecule has 0 radical (unpaired) electrons. The maximum atomic E-state index is 15.2. The van der Waals surface area contributed by atoms with Gasteiger partial charge in [0.25, 0.3) is 0 Å². The van der Waals surface area contributed by atoms with Crippen molar-refractivity contribution in [3.63, 3.8) is 0 Å². The first-order chi connectivity index (χ1) is 12.1. The number of carbonyl (C=O) groups is 1. The third-order valence-electron chi connectivity index (χ3n) is 4.19. The zero-order valence-corrected chi connectivity index (χ0v) is 13.7. The quantitative estimate of drug-likeness (QED) is 0.671. The largest absolute Gasteiger partial charge is 0.372 e. The molecule has 0 amide bonds. The normalized spacial score (nSPS) is 21.0. The molecule has 0 bridgehead atoms. The molecular formula is C16H16FN5O3. The van der Waals surface area contributed by atoms with E-state index < -0.39 is 5.82 Å². The van der Waals surface area contributed by atoms with E-state index in [1.807, 2.05) is 18.7 Å². The molecule has 1 aromatic carbocycles. The molecule has 2 aromatic heterocycles. The Labute approximate surface area is 142 Å². The molecule has 2 atom stereocenters. The molecule has 130 valence electrons. The summed E-state index contributed by atoms with van der Waals surface area (Å²) in [6, 6.07) is 1.57. The number of carbonyl (C=O) groups excluding carboxylic acids is 1. The summed E-state index contributed by atoms with van der Waals surface area (Å²) < 4.78 is 27.4. The van der Waals surface area contributed by atoms with Gasteiger partial charge < -0.3 is 14.2 Å². The lowest BCUT2D eigenvalue weighted by atomic mass is 10.1. The molecule has 0 N–H and O–H groups in total. The lowest BCUT2D eigenvalue weighted by Gasteiger charge is -2.37. The van der Waals surface area contributed by atoms with Gasteiger partial charge in [-0.15, -0.1) is 0 Å². The van der Waals surface area contributed by atoms with Crippen LogP contribution in [0.1, 0.15) is 24.2 Å². The van der Waals surface area contributed by atoms with E-state index in [1.54, 1.807) is 6.07 Å². The van der Waals surface area contributed by atoms with Gasteiger partial charge in [0.1, 0.15) is 12.7 Å². The smallest absolute Gasteiger partial charge is 0.206 e. The fourth-order valence-electron chi connectivity index (χ4n) is 3.29. The van der Waals surface area contributed by atoms with Crippen LogP contribution < -0.4 is 4.90 Å². The first kappa shape index (κ1) is 15.7. The number of anilines is 1. The summed E-state index contributed by atoms with van der Waals surface area (Å²) in [5, 5.41) is 8.21. The molecule has 0 spiro atoms. The van der Waals surface area contributed by atoms with E-state index in [4.69, 9.17) is 9.26 Å². The second kappa shape index (κ2) is 5.92. The van der Waals surface area contributed by atoms with Gasteiger partial charge in [-0.2, -0.15) is 9.78 Å². The summed E-state index contributed by atoms with van der Waals surface area (Å²) in [4.78, 5) is 17.3. The standard InChI is InChI=1S/C16H16FN5O3/c1-9-4-21(5-10(2)24-9)14-11(6-23)3-12-15(13(14)17)25-20-16(12)22-8-18-7-19-22/h3,6-10H,4-5H2,1-2H3/t9-,10+. The highest BCUT2D eigenvalue weighted by atomic mass is 19.1. The lowest BCUT2D eigenvalue weighted by Crippen LogP contribution is -2.46. The Morgan fingerprint density at radius 3 is 2.72 bits per heavy atom. The van der Waals surface area contributed by atoms with Crippen molar-refractivity contribution in [1.29, 1.82) is 0 Å². The number of nitrogens with zero attached hydrogens (tertiary/aromatic N) is 5. The van der Waals surface area contributed by atoms with Gasteiger partial charge in [0.15, 0.2) is 12.1 Å². The van der Waals surface area contributed by atoms with Gasteiger partial charge in [-0.25, -0.2) is 9.37 Å². The lowest BCUT2D eigenvalue weighted by molar-refractivity contribution is -0.00543. The van der Waals surface area contributed by atoms with Gasteiger partial charge in [0, 0.05) is 18.7 Å². The maximum Gasteiger partial charge on any atom is 0.206 e. The molecule has 25 heavy (non-hydrogen) atoms. The molecule has 1 aliphatic rings. The number of morpholine rings is 1. The van der Waals surface area contributed by atoms with Gasteiger partial charge in [0.2, 0.25) is 11.4 Å². The van der Waals surface area contributed by atoms with Gasteiger partial charge in [-0.1, -0.05) is 5.16 Å². The zero-order chi connectivity index (χ0) is 17.6. The van der Waals surface area contributed by atoms with Crippen LogP contribution in [0, 0.1) is 5.82 Å². The van der Waals surface area contributed by atoms with Gasteiger partial charge in [-0.3, -0.25) is 4.79 Å². The summed E-state index contributed by atoms with van der Waals surface area (Å²) >= 11 is 0. The van der Waals surface area contributed by atoms with E-state index in [2.05, 4.69) is 15.2 Å². The second-order valence-electron chi connectivity index (χ2n) is 6.13. The monoisotopic (exact) mass is 345 g/mol. The Kier molecular flexibility index (Phi) is 3.72. The molecule has 1 aliphatic heterocycles.